The molecular formula is C4H9NNa2O2S2. The Hall–Kier alpha value is 1.71. The number of rotatable bonds is 2. The molecule has 0 amide bonds. The first kappa shape index (κ1) is 18.5. The number of thioether (sulfide) groups is 1. The predicted octanol–water partition coefficient (Wildman–Crippen LogP) is -0.861. The van der Waals surface area contributed by atoms with E-state index in [4.69, 9.17) is 10.8 Å². The zero-order chi connectivity index (χ0) is 7.44. The summed E-state index contributed by atoms with van der Waals surface area (Å²) in [4.78, 5) is 10.1. The summed E-state index contributed by atoms with van der Waals surface area (Å²) in [6, 6.07) is 0. The van der Waals surface area contributed by atoms with Crippen LogP contribution in [0.15, 0.2) is 0 Å². The second-order valence-corrected chi connectivity index (χ2v) is 3.50. The molecule has 0 aromatic heterocycles. The van der Waals surface area contributed by atoms with Crippen molar-refractivity contribution in [3.8, 4) is 0 Å². The summed E-state index contributed by atoms with van der Waals surface area (Å²) >= 11 is 5.44. The molecule has 3 N–H and O–H groups in total. The predicted molar refractivity (Wildman–Crippen MR) is 55.8 cm³/mol. The molecule has 56 valence electrons. The first-order valence-electron chi connectivity index (χ1n) is 2.23. The number of carbonyl (C=O) groups is 1. The fourth-order valence-corrected chi connectivity index (χ4v) is 1.11. The van der Waals surface area contributed by atoms with E-state index in [0.717, 1.165) is 11.8 Å². The molecule has 0 rings (SSSR count). The second kappa shape index (κ2) is 9.80. The van der Waals surface area contributed by atoms with Crippen molar-refractivity contribution >= 4 is 93.4 Å². The van der Waals surface area contributed by atoms with Gasteiger partial charge in [0.05, 0.1) is 0 Å². The second-order valence-electron chi connectivity index (χ2n) is 1.42. The Kier molecular flexibility index (Phi) is 16.5. The minimum atomic E-state index is -0.896. The van der Waals surface area contributed by atoms with Gasteiger partial charge in [-0.25, -0.2) is 0 Å². The van der Waals surface area contributed by atoms with Gasteiger partial charge >= 0.3 is 65.1 Å². The van der Waals surface area contributed by atoms with Gasteiger partial charge in [0.15, 0.2) is 0 Å². The Morgan fingerprint density at radius 2 is 2.00 bits per heavy atom. The summed E-state index contributed by atoms with van der Waals surface area (Å²) in [7, 11) is 0. The third-order valence-corrected chi connectivity index (χ3v) is 1.72. The number of hydrogen-bond donors (Lipinski definition) is 2. The quantitative estimate of drug-likeness (QED) is 0.461. The van der Waals surface area contributed by atoms with Crippen molar-refractivity contribution in [3.05, 3.63) is 0 Å². The molecule has 1 atom stereocenters. The van der Waals surface area contributed by atoms with Gasteiger partial charge in [-0.2, -0.15) is 0 Å². The molecule has 1 unspecified atom stereocenters. The molecular weight excluding hydrogens is 204 g/mol. The van der Waals surface area contributed by atoms with Gasteiger partial charge in [-0.3, -0.25) is 4.79 Å². The molecule has 0 bridgehead atoms. The van der Waals surface area contributed by atoms with Crippen molar-refractivity contribution in [2.75, 3.05) is 0 Å². The molecule has 0 heterocycles. The normalized spacial score (nSPS) is 10.3. The van der Waals surface area contributed by atoms with Gasteiger partial charge in [0.2, 0.25) is 0 Å². The van der Waals surface area contributed by atoms with Crippen LogP contribution in [-0.4, -0.2) is 79.8 Å². The number of carboxylic acids is 1. The topological polar surface area (TPSA) is 63.3 Å². The van der Waals surface area contributed by atoms with Gasteiger partial charge in [-0.05, 0) is 6.92 Å². The standard InChI is InChI=1S/C4H7NO2S2.2Na.2H/c1-2(3(6)7)9-4(5)8;;;;/h2H,1H3,(H2,5,8)(H,6,7);;;;. The summed E-state index contributed by atoms with van der Waals surface area (Å²) in [6.07, 6.45) is 0. The zero-order valence-electron chi connectivity index (χ0n) is 4.83. The van der Waals surface area contributed by atoms with Crippen LogP contribution >= 0.6 is 24.0 Å². The zero-order valence-corrected chi connectivity index (χ0v) is 6.46. The molecule has 0 aliphatic carbocycles. The molecule has 0 aromatic carbocycles. The van der Waals surface area contributed by atoms with E-state index in [1.165, 1.54) is 6.92 Å². The van der Waals surface area contributed by atoms with Gasteiger partial charge in [-0.15, -0.1) is 0 Å². The van der Waals surface area contributed by atoms with E-state index in [1.807, 2.05) is 0 Å². The Balaban J connectivity index is -0.000000320. The number of nitrogens with two attached hydrogens (primary N) is 1. The SMILES string of the molecule is CC(SC(N)=S)C(=O)O.[NaH].[NaH]. The molecule has 7 heteroatoms. The van der Waals surface area contributed by atoms with Crippen LogP contribution < -0.4 is 5.73 Å². The third kappa shape index (κ3) is 11.7. The molecule has 0 fully saturated rings. The Labute approximate surface area is 119 Å². The Bertz CT molecular complexity index is 144. The van der Waals surface area contributed by atoms with Crippen LogP contribution in [0.5, 0.6) is 0 Å². The fourth-order valence-electron chi connectivity index (χ4n) is 0.225. The van der Waals surface area contributed by atoms with E-state index in [1.54, 1.807) is 0 Å². The minimum absolute atomic E-state index is 0. The molecule has 0 aromatic rings. The molecule has 0 aliphatic heterocycles. The summed E-state index contributed by atoms with van der Waals surface area (Å²) < 4.78 is 0.171. The van der Waals surface area contributed by atoms with Crippen LogP contribution in [0.4, 0.5) is 0 Å². The maximum absolute atomic E-state index is 10.1. The van der Waals surface area contributed by atoms with E-state index in [2.05, 4.69) is 12.2 Å². The van der Waals surface area contributed by atoms with Crippen LogP contribution in [-0.2, 0) is 4.79 Å². The number of hydrogen-bond acceptors (Lipinski definition) is 3. The summed E-state index contributed by atoms with van der Waals surface area (Å²) in [5.41, 5.74) is 5.06. The summed E-state index contributed by atoms with van der Waals surface area (Å²) in [5, 5.41) is 7.76. The maximum atomic E-state index is 10.1. The first-order chi connectivity index (χ1) is 4.04. The van der Waals surface area contributed by atoms with Crippen molar-refractivity contribution in [2.45, 2.75) is 12.2 Å². The van der Waals surface area contributed by atoms with E-state index in [9.17, 15) is 4.79 Å². The van der Waals surface area contributed by atoms with Gasteiger partial charge in [0, 0.05) is 0 Å². The molecule has 0 spiro atoms. The number of aliphatic carboxylic acids is 1. The van der Waals surface area contributed by atoms with Crippen molar-refractivity contribution in [1.82, 2.24) is 0 Å². The van der Waals surface area contributed by atoms with Crippen molar-refractivity contribution in [3.63, 3.8) is 0 Å². The van der Waals surface area contributed by atoms with Gasteiger partial charge < -0.3 is 10.8 Å². The average Bonchev–Trinajstić information content (AvgIpc) is 1.63. The molecule has 3 nitrogen and oxygen atoms in total. The molecule has 11 heavy (non-hydrogen) atoms. The molecule has 0 aliphatic rings. The number of thiocarbonyl (C=S) groups is 1. The van der Waals surface area contributed by atoms with Crippen LogP contribution in [0.2, 0.25) is 0 Å². The van der Waals surface area contributed by atoms with Gasteiger partial charge in [0.1, 0.15) is 9.57 Å². The van der Waals surface area contributed by atoms with E-state index >= 15 is 0 Å². The first-order valence-corrected chi connectivity index (χ1v) is 3.51. The molecule has 0 saturated carbocycles. The van der Waals surface area contributed by atoms with E-state index < -0.39 is 11.2 Å². The van der Waals surface area contributed by atoms with E-state index in [0.29, 0.717) is 0 Å². The van der Waals surface area contributed by atoms with Crippen molar-refractivity contribution < 1.29 is 9.90 Å². The van der Waals surface area contributed by atoms with Crippen LogP contribution in [0.3, 0.4) is 0 Å². The summed E-state index contributed by atoms with van der Waals surface area (Å²) in [6.45, 7) is 1.53. The Morgan fingerprint density at radius 1 is 1.64 bits per heavy atom. The van der Waals surface area contributed by atoms with Crippen LogP contribution in [0, 0.1) is 0 Å². The van der Waals surface area contributed by atoms with Gasteiger partial charge in [0.25, 0.3) is 0 Å². The molecule has 0 saturated heterocycles. The molecule has 0 radical (unpaired) electrons. The fraction of sp³-hybridized carbons (Fsp3) is 0.500. The average molecular weight is 213 g/mol. The van der Waals surface area contributed by atoms with Crippen LogP contribution in [0.1, 0.15) is 6.92 Å². The summed E-state index contributed by atoms with van der Waals surface area (Å²) in [5.74, 6) is -0.896. The Morgan fingerprint density at radius 3 is 2.09 bits per heavy atom. The van der Waals surface area contributed by atoms with Crippen molar-refractivity contribution in [1.29, 1.82) is 0 Å². The monoisotopic (exact) mass is 213 g/mol. The third-order valence-electron chi connectivity index (χ3n) is 0.641. The van der Waals surface area contributed by atoms with Gasteiger partial charge in [-0.1, -0.05) is 24.0 Å². The number of carboxylic acid groups (broad SMARTS) is 1. The van der Waals surface area contributed by atoms with Crippen molar-refractivity contribution in [2.24, 2.45) is 5.73 Å². The van der Waals surface area contributed by atoms with E-state index in [-0.39, 0.29) is 63.4 Å². The van der Waals surface area contributed by atoms with Crippen LogP contribution in [0.25, 0.3) is 0 Å².